The molecule has 1 unspecified atom stereocenters. The lowest BCUT2D eigenvalue weighted by atomic mass is 9.91. The fraction of sp³-hybridized carbons (Fsp3) is 0.400. The van der Waals surface area contributed by atoms with Crippen molar-refractivity contribution in [2.45, 2.75) is 38.6 Å². The van der Waals surface area contributed by atoms with Crippen molar-refractivity contribution < 1.29 is 8.78 Å². The van der Waals surface area contributed by atoms with Gasteiger partial charge in [-0.05, 0) is 37.8 Å². The zero-order valence-electron chi connectivity index (χ0n) is 11.4. The van der Waals surface area contributed by atoms with Crippen LogP contribution in [0.15, 0.2) is 18.2 Å². The summed E-state index contributed by atoms with van der Waals surface area (Å²) in [6.07, 6.45) is 3.27. The average Bonchev–Trinajstić information content (AvgIpc) is 2.79. The van der Waals surface area contributed by atoms with Crippen LogP contribution < -0.4 is 5.73 Å². The number of nitrogens with zero attached hydrogens (tertiary/aromatic N) is 2. The zero-order chi connectivity index (χ0) is 14.3. The van der Waals surface area contributed by atoms with Crippen LogP contribution in [0.25, 0.3) is 5.69 Å². The largest absolute Gasteiger partial charge is 0.324 e. The third-order valence-electron chi connectivity index (χ3n) is 3.88. The lowest BCUT2D eigenvalue weighted by Crippen LogP contribution is -2.19. The molecule has 3 nitrogen and oxygen atoms in total. The molecule has 1 atom stereocenters. The van der Waals surface area contributed by atoms with Crippen LogP contribution in [0, 0.1) is 11.6 Å². The molecule has 0 fully saturated rings. The highest BCUT2D eigenvalue weighted by atomic mass is 19.1. The van der Waals surface area contributed by atoms with Gasteiger partial charge in [-0.2, -0.15) is 5.10 Å². The maximum atomic E-state index is 14.0. The van der Waals surface area contributed by atoms with Crippen molar-refractivity contribution >= 4 is 0 Å². The van der Waals surface area contributed by atoms with Crippen LogP contribution in [-0.4, -0.2) is 9.78 Å². The van der Waals surface area contributed by atoms with E-state index in [1.807, 2.05) is 6.92 Å². The SMILES string of the molecule is CCc1nn(-c2c(F)cccc2F)c2c1C(N)CCC2. The van der Waals surface area contributed by atoms with E-state index in [0.29, 0.717) is 6.42 Å². The van der Waals surface area contributed by atoms with Crippen molar-refractivity contribution in [3.8, 4) is 5.69 Å². The van der Waals surface area contributed by atoms with Crippen molar-refractivity contribution in [3.05, 3.63) is 46.8 Å². The Morgan fingerprint density at radius 1 is 1.35 bits per heavy atom. The minimum atomic E-state index is -0.600. The van der Waals surface area contributed by atoms with Gasteiger partial charge in [-0.1, -0.05) is 13.0 Å². The predicted molar refractivity (Wildman–Crippen MR) is 72.7 cm³/mol. The number of hydrogen-bond donors (Lipinski definition) is 1. The number of para-hydroxylation sites is 1. The lowest BCUT2D eigenvalue weighted by molar-refractivity contribution is 0.533. The average molecular weight is 277 g/mol. The Labute approximate surface area is 116 Å². The fourth-order valence-electron chi connectivity index (χ4n) is 2.96. The van der Waals surface area contributed by atoms with Crippen molar-refractivity contribution in [1.82, 2.24) is 9.78 Å². The summed E-state index contributed by atoms with van der Waals surface area (Å²) in [6.45, 7) is 1.98. The topological polar surface area (TPSA) is 43.8 Å². The van der Waals surface area contributed by atoms with Gasteiger partial charge in [-0.25, -0.2) is 13.5 Å². The molecular weight excluding hydrogens is 260 g/mol. The second-order valence-corrected chi connectivity index (χ2v) is 5.14. The molecule has 2 N–H and O–H groups in total. The molecule has 5 heteroatoms. The Morgan fingerprint density at radius 2 is 2.05 bits per heavy atom. The molecule has 1 aromatic carbocycles. The minimum absolute atomic E-state index is 0.0858. The number of aryl methyl sites for hydroxylation is 1. The number of halogens is 2. The molecule has 106 valence electrons. The molecule has 20 heavy (non-hydrogen) atoms. The van der Waals surface area contributed by atoms with E-state index in [9.17, 15) is 8.78 Å². The molecule has 0 amide bonds. The van der Waals surface area contributed by atoms with Gasteiger partial charge in [0.1, 0.15) is 5.69 Å². The van der Waals surface area contributed by atoms with E-state index in [2.05, 4.69) is 5.10 Å². The highest BCUT2D eigenvalue weighted by Gasteiger charge is 2.27. The number of fused-ring (bicyclic) bond motifs is 1. The minimum Gasteiger partial charge on any atom is -0.324 e. The number of nitrogens with two attached hydrogens (primary N) is 1. The quantitative estimate of drug-likeness (QED) is 0.917. The summed E-state index contributed by atoms with van der Waals surface area (Å²) in [4.78, 5) is 0. The Bertz CT molecular complexity index is 629. The number of hydrogen-bond acceptors (Lipinski definition) is 2. The second-order valence-electron chi connectivity index (χ2n) is 5.14. The Balaban J connectivity index is 2.25. The Hall–Kier alpha value is -1.75. The van der Waals surface area contributed by atoms with E-state index >= 15 is 0 Å². The molecule has 0 aliphatic heterocycles. The van der Waals surface area contributed by atoms with Gasteiger partial charge in [0, 0.05) is 17.3 Å². The molecule has 3 rings (SSSR count). The summed E-state index contributed by atoms with van der Waals surface area (Å²) in [7, 11) is 0. The van der Waals surface area contributed by atoms with E-state index in [1.54, 1.807) is 0 Å². The van der Waals surface area contributed by atoms with Crippen LogP contribution in [-0.2, 0) is 12.8 Å². The second kappa shape index (κ2) is 4.98. The maximum Gasteiger partial charge on any atom is 0.151 e. The first-order valence-electron chi connectivity index (χ1n) is 6.94. The predicted octanol–water partition coefficient (Wildman–Crippen LogP) is 3.05. The summed E-state index contributed by atoms with van der Waals surface area (Å²) in [5.41, 5.74) is 8.72. The van der Waals surface area contributed by atoms with E-state index in [1.165, 1.54) is 22.9 Å². The van der Waals surface area contributed by atoms with E-state index in [4.69, 9.17) is 5.73 Å². The number of aromatic nitrogens is 2. The summed E-state index contributed by atoms with van der Waals surface area (Å²) >= 11 is 0. The Kier molecular flexibility index (Phi) is 3.30. The standard InChI is InChI=1S/C15H17F2N3/c1-2-12-14-11(18)7-4-8-13(14)20(19-12)15-9(16)5-3-6-10(15)17/h3,5-6,11H,2,4,7-8,18H2,1H3. The molecule has 1 aromatic heterocycles. The molecule has 0 saturated heterocycles. The van der Waals surface area contributed by atoms with Crippen LogP contribution in [0.2, 0.25) is 0 Å². The van der Waals surface area contributed by atoms with Gasteiger partial charge in [0.05, 0.1) is 5.69 Å². The van der Waals surface area contributed by atoms with Crippen molar-refractivity contribution in [2.75, 3.05) is 0 Å². The van der Waals surface area contributed by atoms with Gasteiger partial charge in [-0.15, -0.1) is 0 Å². The molecular formula is C15H17F2N3. The van der Waals surface area contributed by atoms with Gasteiger partial charge < -0.3 is 5.73 Å². The van der Waals surface area contributed by atoms with Gasteiger partial charge in [0.25, 0.3) is 0 Å². The number of benzene rings is 1. The van der Waals surface area contributed by atoms with Crippen LogP contribution in [0.3, 0.4) is 0 Å². The van der Waals surface area contributed by atoms with E-state index in [-0.39, 0.29) is 11.7 Å². The summed E-state index contributed by atoms with van der Waals surface area (Å²) in [6, 6.07) is 3.77. The smallest absolute Gasteiger partial charge is 0.151 e. The fourth-order valence-corrected chi connectivity index (χ4v) is 2.96. The molecule has 1 aliphatic rings. The van der Waals surface area contributed by atoms with Crippen LogP contribution in [0.4, 0.5) is 8.78 Å². The number of rotatable bonds is 2. The first-order chi connectivity index (χ1) is 9.63. The summed E-state index contributed by atoms with van der Waals surface area (Å²) < 4.78 is 29.4. The lowest BCUT2D eigenvalue weighted by Gasteiger charge is -2.20. The van der Waals surface area contributed by atoms with E-state index < -0.39 is 11.6 Å². The van der Waals surface area contributed by atoms with Gasteiger partial charge in [0.15, 0.2) is 11.6 Å². The highest BCUT2D eigenvalue weighted by molar-refractivity contribution is 5.42. The molecule has 0 saturated carbocycles. The summed E-state index contributed by atoms with van der Waals surface area (Å²) in [5.74, 6) is -1.20. The monoisotopic (exact) mass is 277 g/mol. The molecule has 0 spiro atoms. The molecule has 1 aliphatic carbocycles. The summed E-state index contributed by atoms with van der Waals surface area (Å²) in [5, 5.41) is 4.41. The van der Waals surface area contributed by atoms with E-state index in [0.717, 1.165) is 36.2 Å². The Morgan fingerprint density at radius 3 is 2.70 bits per heavy atom. The van der Waals surface area contributed by atoms with Gasteiger partial charge >= 0.3 is 0 Å². The first kappa shape index (κ1) is 13.2. The van der Waals surface area contributed by atoms with Crippen LogP contribution in [0.1, 0.15) is 42.8 Å². The highest BCUT2D eigenvalue weighted by Crippen LogP contribution is 2.33. The van der Waals surface area contributed by atoms with Crippen LogP contribution in [0.5, 0.6) is 0 Å². The first-order valence-corrected chi connectivity index (χ1v) is 6.94. The van der Waals surface area contributed by atoms with Gasteiger partial charge in [-0.3, -0.25) is 0 Å². The normalized spacial score (nSPS) is 18.1. The van der Waals surface area contributed by atoms with Crippen LogP contribution >= 0.6 is 0 Å². The third-order valence-corrected chi connectivity index (χ3v) is 3.88. The molecule has 0 radical (unpaired) electrons. The van der Waals surface area contributed by atoms with Crippen molar-refractivity contribution in [1.29, 1.82) is 0 Å². The third kappa shape index (κ3) is 1.93. The molecule has 1 heterocycles. The molecule has 2 aromatic rings. The maximum absolute atomic E-state index is 14.0. The van der Waals surface area contributed by atoms with Gasteiger partial charge in [0.2, 0.25) is 0 Å². The van der Waals surface area contributed by atoms with Crippen molar-refractivity contribution in [2.24, 2.45) is 5.73 Å². The van der Waals surface area contributed by atoms with Crippen molar-refractivity contribution in [3.63, 3.8) is 0 Å². The molecule has 0 bridgehead atoms. The zero-order valence-corrected chi connectivity index (χ0v) is 11.4.